The zero-order valence-electron chi connectivity index (χ0n) is 21.7. The summed E-state index contributed by atoms with van der Waals surface area (Å²) in [6.45, 7) is 4.83. The van der Waals surface area contributed by atoms with Gasteiger partial charge in [0, 0.05) is 43.0 Å². The summed E-state index contributed by atoms with van der Waals surface area (Å²) in [4.78, 5) is 70.8. The molecule has 0 bridgehead atoms. The molecule has 11 heteroatoms. The monoisotopic (exact) mass is 531 g/mol. The van der Waals surface area contributed by atoms with Crippen molar-refractivity contribution in [1.82, 2.24) is 10.2 Å². The fourth-order valence-electron chi connectivity index (χ4n) is 6.47. The molecule has 5 amide bonds. The molecule has 2 aromatic rings. The Morgan fingerprint density at radius 3 is 2.41 bits per heavy atom. The third-order valence-electron chi connectivity index (χ3n) is 8.12. The zero-order chi connectivity index (χ0) is 27.5. The first-order valence-corrected chi connectivity index (χ1v) is 13.0. The van der Waals surface area contributed by atoms with Gasteiger partial charge in [-0.25, -0.2) is 4.90 Å². The molecule has 39 heavy (non-hydrogen) atoms. The molecule has 4 atom stereocenters. The number of nitrogens with one attached hydrogen (secondary N) is 2. The number of rotatable bonds is 4. The highest BCUT2D eigenvalue weighted by molar-refractivity contribution is 6.26. The molecule has 4 aliphatic heterocycles. The largest absolute Gasteiger partial charge is 0.378 e. The van der Waals surface area contributed by atoms with Crippen LogP contribution in [0.4, 0.5) is 17.1 Å². The predicted molar refractivity (Wildman–Crippen MR) is 141 cm³/mol. The molecule has 2 N–H and O–H groups in total. The molecule has 2 aromatic carbocycles. The van der Waals surface area contributed by atoms with Gasteiger partial charge in [0.1, 0.15) is 12.1 Å². The Labute approximate surface area is 225 Å². The van der Waals surface area contributed by atoms with Crippen LogP contribution < -0.4 is 20.4 Å². The molecule has 4 aliphatic rings. The van der Waals surface area contributed by atoms with Gasteiger partial charge in [0.15, 0.2) is 0 Å². The second-order valence-corrected chi connectivity index (χ2v) is 10.4. The number of amides is 5. The molecular formula is C28H29N5O6. The van der Waals surface area contributed by atoms with Crippen LogP contribution in [0.15, 0.2) is 48.5 Å². The van der Waals surface area contributed by atoms with Crippen LogP contribution in [-0.4, -0.2) is 73.3 Å². The molecule has 0 saturated carbocycles. The van der Waals surface area contributed by atoms with Gasteiger partial charge in [-0.1, -0.05) is 18.2 Å². The van der Waals surface area contributed by atoms with E-state index in [1.807, 2.05) is 0 Å². The first-order valence-electron chi connectivity index (χ1n) is 13.0. The molecule has 6 rings (SSSR count). The maximum atomic E-state index is 14.3. The fraction of sp³-hybridized carbons (Fsp3) is 0.393. The van der Waals surface area contributed by atoms with Crippen molar-refractivity contribution in [3.05, 3.63) is 54.1 Å². The number of carbonyl (C=O) groups is 5. The van der Waals surface area contributed by atoms with E-state index in [0.29, 0.717) is 48.9 Å². The lowest BCUT2D eigenvalue weighted by atomic mass is 9.76. The predicted octanol–water partition coefficient (Wildman–Crippen LogP) is 0.843. The Hall–Kier alpha value is -4.09. The third-order valence-corrected chi connectivity index (χ3v) is 8.12. The summed E-state index contributed by atoms with van der Waals surface area (Å²) in [5.74, 6) is -3.44. The van der Waals surface area contributed by atoms with Crippen molar-refractivity contribution in [3.8, 4) is 0 Å². The van der Waals surface area contributed by atoms with E-state index >= 15 is 0 Å². The van der Waals surface area contributed by atoms with E-state index in [1.165, 1.54) is 11.8 Å². The third kappa shape index (κ3) is 3.75. The van der Waals surface area contributed by atoms with Crippen LogP contribution in [0.1, 0.15) is 19.4 Å². The number of anilines is 3. The Morgan fingerprint density at radius 1 is 1.03 bits per heavy atom. The molecule has 4 heterocycles. The van der Waals surface area contributed by atoms with Gasteiger partial charge in [-0.05, 0) is 37.3 Å². The van der Waals surface area contributed by atoms with E-state index in [-0.39, 0.29) is 24.3 Å². The minimum absolute atomic E-state index is 0.165. The summed E-state index contributed by atoms with van der Waals surface area (Å²) in [5.41, 5.74) is 0.589. The molecule has 3 fully saturated rings. The van der Waals surface area contributed by atoms with Crippen molar-refractivity contribution in [3.63, 3.8) is 0 Å². The van der Waals surface area contributed by atoms with Crippen molar-refractivity contribution < 1.29 is 28.7 Å². The first kappa shape index (κ1) is 25.2. The highest BCUT2D eigenvalue weighted by atomic mass is 16.5. The number of hydrogen-bond acceptors (Lipinski definition) is 7. The van der Waals surface area contributed by atoms with Crippen LogP contribution in [0.2, 0.25) is 0 Å². The summed E-state index contributed by atoms with van der Waals surface area (Å²) in [6.07, 6.45) is 0. The van der Waals surface area contributed by atoms with Gasteiger partial charge in [-0.2, -0.15) is 0 Å². The van der Waals surface area contributed by atoms with Crippen molar-refractivity contribution in [2.75, 3.05) is 48.0 Å². The fourth-order valence-corrected chi connectivity index (χ4v) is 6.47. The Morgan fingerprint density at radius 2 is 1.72 bits per heavy atom. The number of hydrogen-bond donors (Lipinski definition) is 2. The molecule has 0 aromatic heterocycles. The Bertz CT molecular complexity index is 1390. The molecule has 202 valence electrons. The lowest BCUT2D eigenvalue weighted by molar-refractivity contribution is -0.136. The van der Waals surface area contributed by atoms with Crippen molar-refractivity contribution in [1.29, 1.82) is 0 Å². The summed E-state index contributed by atoms with van der Waals surface area (Å²) < 4.78 is 5.35. The maximum Gasteiger partial charge on any atom is 0.253 e. The maximum absolute atomic E-state index is 14.3. The van der Waals surface area contributed by atoms with E-state index in [9.17, 15) is 24.0 Å². The molecule has 11 nitrogen and oxygen atoms in total. The summed E-state index contributed by atoms with van der Waals surface area (Å²) in [5, 5.41) is 6.00. The molecule has 1 spiro atoms. The van der Waals surface area contributed by atoms with Crippen LogP contribution in [0.25, 0.3) is 0 Å². The van der Waals surface area contributed by atoms with Crippen molar-refractivity contribution in [2.24, 2.45) is 11.8 Å². The number of para-hydroxylation sites is 1. The highest BCUT2D eigenvalue weighted by Crippen LogP contribution is 2.55. The smallest absolute Gasteiger partial charge is 0.253 e. The molecule has 0 aliphatic carbocycles. The Balaban J connectivity index is 1.36. The highest BCUT2D eigenvalue weighted by Gasteiger charge is 2.71. The van der Waals surface area contributed by atoms with Crippen LogP contribution >= 0.6 is 0 Å². The van der Waals surface area contributed by atoms with Gasteiger partial charge in [0.25, 0.3) is 5.91 Å². The lowest BCUT2D eigenvalue weighted by Gasteiger charge is -2.31. The average Bonchev–Trinajstić information content (AvgIpc) is 3.48. The normalized spacial score (nSPS) is 27.8. The zero-order valence-corrected chi connectivity index (χ0v) is 21.7. The average molecular weight is 532 g/mol. The lowest BCUT2D eigenvalue weighted by Crippen LogP contribution is -2.56. The number of morpholine rings is 1. The van der Waals surface area contributed by atoms with Gasteiger partial charge < -0.3 is 19.9 Å². The number of nitrogens with zero attached hydrogens (tertiary/aromatic N) is 3. The number of carbonyl (C=O) groups excluding carboxylic acids is 5. The first-order chi connectivity index (χ1) is 18.7. The van der Waals surface area contributed by atoms with Gasteiger partial charge in [0.05, 0.1) is 30.7 Å². The van der Waals surface area contributed by atoms with Gasteiger partial charge in [-0.15, -0.1) is 0 Å². The van der Waals surface area contributed by atoms with Crippen molar-refractivity contribution in [2.45, 2.75) is 25.4 Å². The van der Waals surface area contributed by atoms with E-state index in [1.54, 1.807) is 60.4 Å². The molecule has 0 unspecified atom stereocenters. The van der Waals surface area contributed by atoms with Crippen LogP contribution in [0.5, 0.6) is 0 Å². The summed E-state index contributed by atoms with van der Waals surface area (Å²) in [6, 6.07) is 13.1. The topological polar surface area (TPSA) is 128 Å². The Kier molecular flexibility index (Phi) is 6.00. The molecule has 0 radical (unpaired) electrons. The minimum atomic E-state index is -1.47. The molecule has 3 saturated heterocycles. The number of fused-ring (bicyclic) bond motifs is 4. The molecular weight excluding hydrogens is 502 g/mol. The van der Waals surface area contributed by atoms with Crippen LogP contribution in [-0.2, 0) is 34.2 Å². The minimum Gasteiger partial charge on any atom is -0.378 e. The van der Waals surface area contributed by atoms with Crippen LogP contribution in [0.3, 0.4) is 0 Å². The quantitative estimate of drug-likeness (QED) is 0.560. The summed E-state index contributed by atoms with van der Waals surface area (Å²) >= 11 is 0. The standard InChI is InChI=1S/C28H29N5O6/c1-16-23-24(26(37)33(25(23)36)19-9-7-18(8-10-19)29-17(2)34)28(30-16)20-5-3-4-6-21(20)32(27(28)38)15-22(35)31-11-13-39-14-12-31/h3-10,16,23-24,30H,11-15H2,1-2H3,(H,29,34)/t16-,23+,24+,28-/m0/s1. The van der Waals surface area contributed by atoms with Crippen LogP contribution in [0, 0.1) is 11.8 Å². The second kappa shape index (κ2) is 9.28. The summed E-state index contributed by atoms with van der Waals surface area (Å²) in [7, 11) is 0. The van der Waals surface area contributed by atoms with E-state index in [2.05, 4.69) is 10.6 Å². The number of benzene rings is 2. The SMILES string of the molecule is CC(=O)Nc1ccc(N2C(=O)[C@@H]3[C@H](C)N[C@]4(C(=O)N(CC(=O)N5CCOCC5)c5ccccc54)[C@H]3C2=O)cc1. The van der Waals surface area contributed by atoms with Crippen molar-refractivity contribution >= 4 is 46.6 Å². The van der Waals surface area contributed by atoms with E-state index < -0.39 is 35.2 Å². The number of ether oxygens (including phenoxy) is 1. The van der Waals surface area contributed by atoms with E-state index in [0.717, 1.165) is 4.90 Å². The van der Waals surface area contributed by atoms with Gasteiger partial charge >= 0.3 is 0 Å². The van der Waals surface area contributed by atoms with E-state index in [4.69, 9.17) is 4.74 Å². The van der Waals surface area contributed by atoms with Gasteiger partial charge in [-0.3, -0.25) is 29.3 Å². The van der Waals surface area contributed by atoms with Gasteiger partial charge in [0.2, 0.25) is 23.6 Å². The second-order valence-electron chi connectivity index (χ2n) is 10.4. The number of imide groups is 1.